The van der Waals surface area contributed by atoms with Gasteiger partial charge in [-0.25, -0.2) is 13.4 Å². The quantitative estimate of drug-likeness (QED) is 0.660. The second kappa shape index (κ2) is 7.48. The Morgan fingerprint density at radius 1 is 1.14 bits per heavy atom. The molecule has 0 saturated carbocycles. The minimum atomic E-state index is -3.07. The molecule has 1 aliphatic heterocycles. The number of methoxy groups -OCH3 is 1. The molecule has 1 amide bonds. The number of nitrogens with zero attached hydrogens (tertiary/aromatic N) is 2. The predicted octanol–water partition coefficient (Wildman–Crippen LogP) is 3.17. The van der Waals surface area contributed by atoms with E-state index in [4.69, 9.17) is 9.72 Å². The van der Waals surface area contributed by atoms with E-state index in [1.165, 1.54) is 0 Å². The van der Waals surface area contributed by atoms with Crippen LogP contribution in [0.4, 0.5) is 0 Å². The van der Waals surface area contributed by atoms with Gasteiger partial charge in [0.05, 0.1) is 35.4 Å². The number of benzene rings is 2. The lowest BCUT2D eigenvalue weighted by molar-refractivity contribution is 0.0749. The fraction of sp³-hybridized carbons (Fsp3) is 0.273. The molecule has 2 heterocycles. The topological polar surface area (TPSA) is 76.6 Å². The molecule has 0 radical (unpaired) electrons. The first-order chi connectivity index (χ1) is 13.9. The van der Waals surface area contributed by atoms with Crippen molar-refractivity contribution in [3.8, 4) is 17.0 Å². The molecule has 150 valence electrons. The molecule has 0 N–H and O–H groups in total. The molecule has 1 fully saturated rings. The third kappa shape index (κ3) is 3.82. The lowest BCUT2D eigenvalue weighted by Gasteiger charge is -2.24. The summed E-state index contributed by atoms with van der Waals surface area (Å²) < 4.78 is 28.9. The van der Waals surface area contributed by atoms with E-state index in [2.05, 4.69) is 0 Å². The van der Waals surface area contributed by atoms with Crippen molar-refractivity contribution < 1.29 is 17.9 Å². The number of pyridine rings is 1. The van der Waals surface area contributed by atoms with E-state index in [0.717, 1.165) is 22.2 Å². The standard InChI is InChI=1S/C22H22N2O4S/c1-24(16-11-12-29(26,27)14-16)22(25)19-13-21(15-7-9-17(28-2)10-8-15)23-20-6-4-3-5-18(19)20/h3-10,13,16H,11-12,14H2,1-2H3. The van der Waals surface area contributed by atoms with Crippen molar-refractivity contribution in [3.63, 3.8) is 0 Å². The Morgan fingerprint density at radius 2 is 1.86 bits per heavy atom. The number of amides is 1. The van der Waals surface area contributed by atoms with Crippen molar-refractivity contribution in [2.75, 3.05) is 25.7 Å². The Morgan fingerprint density at radius 3 is 2.52 bits per heavy atom. The Bertz CT molecular complexity index is 1170. The molecule has 29 heavy (non-hydrogen) atoms. The molecule has 0 aliphatic carbocycles. The summed E-state index contributed by atoms with van der Waals surface area (Å²) >= 11 is 0. The third-order valence-corrected chi connectivity index (χ3v) is 7.16. The average molecular weight is 410 g/mol. The highest BCUT2D eigenvalue weighted by Gasteiger charge is 2.33. The van der Waals surface area contributed by atoms with E-state index in [-0.39, 0.29) is 23.5 Å². The van der Waals surface area contributed by atoms with E-state index >= 15 is 0 Å². The lowest BCUT2D eigenvalue weighted by atomic mass is 10.0. The van der Waals surface area contributed by atoms with Crippen LogP contribution in [0.5, 0.6) is 5.75 Å². The minimum Gasteiger partial charge on any atom is -0.497 e. The van der Waals surface area contributed by atoms with Gasteiger partial charge in [-0.2, -0.15) is 0 Å². The molecule has 6 nitrogen and oxygen atoms in total. The maximum Gasteiger partial charge on any atom is 0.254 e. The number of hydrogen-bond donors (Lipinski definition) is 0. The van der Waals surface area contributed by atoms with Crippen LogP contribution in [0.3, 0.4) is 0 Å². The summed E-state index contributed by atoms with van der Waals surface area (Å²) in [7, 11) is 0.212. The van der Waals surface area contributed by atoms with Crippen LogP contribution in [0.1, 0.15) is 16.8 Å². The van der Waals surface area contributed by atoms with Crippen molar-refractivity contribution in [1.29, 1.82) is 0 Å². The first kappa shape index (κ1) is 19.4. The number of aromatic nitrogens is 1. The molecule has 0 spiro atoms. The van der Waals surface area contributed by atoms with Crippen LogP contribution in [0.15, 0.2) is 54.6 Å². The number of para-hydroxylation sites is 1. The van der Waals surface area contributed by atoms with Gasteiger partial charge in [-0.05, 0) is 42.8 Å². The summed E-state index contributed by atoms with van der Waals surface area (Å²) in [5.74, 6) is 0.695. The molecule has 4 rings (SSSR count). The monoisotopic (exact) mass is 410 g/mol. The predicted molar refractivity (Wildman–Crippen MR) is 113 cm³/mol. The third-order valence-electron chi connectivity index (χ3n) is 5.41. The van der Waals surface area contributed by atoms with Crippen molar-refractivity contribution in [3.05, 3.63) is 60.2 Å². The fourth-order valence-corrected chi connectivity index (χ4v) is 5.47. The van der Waals surface area contributed by atoms with Crippen molar-refractivity contribution >= 4 is 26.6 Å². The molecule has 1 atom stereocenters. The van der Waals surface area contributed by atoms with Gasteiger partial charge in [0.15, 0.2) is 9.84 Å². The van der Waals surface area contributed by atoms with Crippen LogP contribution in [0.2, 0.25) is 0 Å². The highest BCUT2D eigenvalue weighted by atomic mass is 32.2. The van der Waals surface area contributed by atoms with Crippen molar-refractivity contribution in [1.82, 2.24) is 9.88 Å². The number of carbonyl (C=O) groups excluding carboxylic acids is 1. The zero-order chi connectivity index (χ0) is 20.6. The molecule has 1 unspecified atom stereocenters. The largest absolute Gasteiger partial charge is 0.497 e. The number of sulfone groups is 1. The van der Waals surface area contributed by atoms with E-state index in [0.29, 0.717) is 17.7 Å². The molecule has 1 aliphatic rings. The fourth-order valence-electron chi connectivity index (χ4n) is 3.70. The van der Waals surface area contributed by atoms with Crippen LogP contribution in [0.25, 0.3) is 22.2 Å². The zero-order valence-electron chi connectivity index (χ0n) is 16.3. The highest BCUT2D eigenvalue weighted by molar-refractivity contribution is 7.91. The maximum absolute atomic E-state index is 13.3. The van der Waals surface area contributed by atoms with Crippen LogP contribution in [-0.2, 0) is 9.84 Å². The van der Waals surface area contributed by atoms with Gasteiger partial charge in [0.2, 0.25) is 0 Å². The van der Waals surface area contributed by atoms with Gasteiger partial charge in [-0.3, -0.25) is 4.79 Å². The van der Waals surface area contributed by atoms with Crippen molar-refractivity contribution in [2.24, 2.45) is 0 Å². The second-order valence-electron chi connectivity index (χ2n) is 7.27. The van der Waals surface area contributed by atoms with Gasteiger partial charge in [-0.1, -0.05) is 18.2 Å². The Kier molecular flexibility index (Phi) is 5.00. The molecule has 1 saturated heterocycles. The zero-order valence-corrected chi connectivity index (χ0v) is 17.1. The number of hydrogen-bond acceptors (Lipinski definition) is 5. The van der Waals surface area contributed by atoms with Gasteiger partial charge < -0.3 is 9.64 Å². The van der Waals surface area contributed by atoms with Gasteiger partial charge in [-0.15, -0.1) is 0 Å². The summed E-state index contributed by atoms with van der Waals surface area (Å²) in [6.45, 7) is 0. The number of rotatable bonds is 4. The molecule has 0 bridgehead atoms. The summed E-state index contributed by atoms with van der Waals surface area (Å²) in [5, 5.41) is 0.752. The van der Waals surface area contributed by atoms with Gasteiger partial charge in [0.25, 0.3) is 5.91 Å². The molecule has 1 aromatic heterocycles. The Hall–Kier alpha value is -2.93. The van der Waals surface area contributed by atoms with Crippen LogP contribution in [-0.4, -0.2) is 55.9 Å². The summed E-state index contributed by atoms with van der Waals surface area (Å²) in [6, 6.07) is 16.5. The molecule has 2 aromatic carbocycles. The Balaban J connectivity index is 1.77. The number of carbonyl (C=O) groups is 1. The SMILES string of the molecule is COc1ccc(-c2cc(C(=O)N(C)C3CCS(=O)(=O)C3)c3ccccc3n2)cc1. The summed E-state index contributed by atoms with van der Waals surface area (Å²) in [4.78, 5) is 19.6. The van der Waals surface area contributed by atoms with Crippen LogP contribution >= 0.6 is 0 Å². The van der Waals surface area contributed by atoms with Crippen LogP contribution in [0, 0.1) is 0 Å². The van der Waals surface area contributed by atoms with Gasteiger partial charge in [0, 0.05) is 24.0 Å². The van der Waals surface area contributed by atoms with E-state index in [1.807, 2.05) is 48.5 Å². The van der Waals surface area contributed by atoms with Gasteiger partial charge >= 0.3 is 0 Å². The van der Waals surface area contributed by atoms with Gasteiger partial charge in [0.1, 0.15) is 5.75 Å². The highest BCUT2D eigenvalue weighted by Crippen LogP contribution is 2.28. The van der Waals surface area contributed by atoms with Crippen LogP contribution < -0.4 is 4.74 Å². The Labute approximate surface area is 170 Å². The molecule has 3 aromatic rings. The molecular weight excluding hydrogens is 388 g/mol. The smallest absolute Gasteiger partial charge is 0.254 e. The number of ether oxygens (including phenoxy) is 1. The van der Waals surface area contributed by atoms with E-state index < -0.39 is 9.84 Å². The first-order valence-electron chi connectivity index (χ1n) is 9.40. The minimum absolute atomic E-state index is 0.0175. The van der Waals surface area contributed by atoms with E-state index in [1.54, 1.807) is 25.1 Å². The summed E-state index contributed by atoms with van der Waals surface area (Å²) in [5.41, 5.74) is 2.80. The van der Waals surface area contributed by atoms with Crippen molar-refractivity contribution in [2.45, 2.75) is 12.5 Å². The lowest BCUT2D eigenvalue weighted by Crippen LogP contribution is -2.38. The van der Waals surface area contributed by atoms with E-state index in [9.17, 15) is 13.2 Å². The second-order valence-corrected chi connectivity index (χ2v) is 9.50. The molecular formula is C22H22N2O4S. The summed E-state index contributed by atoms with van der Waals surface area (Å²) in [6.07, 6.45) is 0.471. The maximum atomic E-state index is 13.3. The normalized spacial score (nSPS) is 17.9. The molecule has 7 heteroatoms. The average Bonchev–Trinajstić information content (AvgIpc) is 3.11. The first-order valence-corrected chi connectivity index (χ1v) is 11.2. The number of fused-ring (bicyclic) bond motifs is 1.